The molecule has 25 heavy (non-hydrogen) atoms. The molecular weight excluding hydrogens is 316 g/mol. The maximum absolute atomic E-state index is 6.18. The molecule has 0 saturated heterocycles. The maximum atomic E-state index is 6.18. The zero-order chi connectivity index (χ0) is 17.6. The number of para-hydroxylation sites is 1. The van der Waals surface area contributed by atoms with E-state index >= 15 is 0 Å². The van der Waals surface area contributed by atoms with Crippen LogP contribution in [-0.2, 0) is 4.84 Å². The highest BCUT2D eigenvalue weighted by molar-refractivity contribution is 6.03. The number of rotatable bonds is 6. The van der Waals surface area contributed by atoms with Crippen LogP contribution in [0.15, 0.2) is 53.7 Å². The van der Waals surface area contributed by atoms with Crippen molar-refractivity contribution in [3.8, 4) is 11.5 Å². The number of oxime groups is 1. The zero-order valence-electron chi connectivity index (χ0n) is 14.9. The van der Waals surface area contributed by atoms with E-state index in [1.54, 1.807) is 7.11 Å². The summed E-state index contributed by atoms with van der Waals surface area (Å²) in [5.74, 6) is 1.67. The first-order chi connectivity index (χ1) is 12.2. The summed E-state index contributed by atoms with van der Waals surface area (Å²) in [6.07, 6.45) is 0.586. The molecule has 1 aliphatic rings. The molecule has 1 unspecified atom stereocenters. The Balaban J connectivity index is 1.80. The molecular formula is C20H24N2O3. The van der Waals surface area contributed by atoms with Crippen molar-refractivity contribution in [1.29, 1.82) is 0 Å². The molecule has 0 aromatic heterocycles. The smallest absolute Gasteiger partial charge is 0.129 e. The van der Waals surface area contributed by atoms with Crippen molar-refractivity contribution < 1.29 is 14.3 Å². The van der Waals surface area contributed by atoms with Gasteiger partial charge in [0.05, 0.1) is 12.8 Å². The van der Waals surface area contributed by atoms with Crippen molar-refractivity contribution in [2.75, 3.05) is 34.4 Å². The Morgan fingerprint density at radius 3 is 2.60 bits per heavy atom. The van der Waals surface area contributed by atoms with Crippen LogP contribution < -0.4 is 9.47 Å². The number of benzene rings is 2. The standard InChI is InChI=1S/C20H24N2O3/c1-22(2)12-13-24-21-18-14-20(15-8-10-16(23-3)11-9-15)25-19-7-5-4-6-17(18)19/h4-11,20H,12-14H2,1-3H3/b21-18+. The molecule has 5 nitrogen and oxygen atoms in total. The van der Waals surface area contributed by atoms with Crippen LogP contribution in [0.25, 0.3) is 0 Å². The van der Waals surface area contributed by atoms with Gasteiger partial charge in [-0.25, -0.2) is 0 Å². The monoisotopic (exact) mass is 340 g/mol. The van der Waals surface area contributed by atoms with Crippen LogP contribution in [0.4, 0.5) is 0 Å². The summed E-state index contributed by atoms with van der Waals surface area (Å²) in [6.45, 7) is 1.39. The molecule has 2 aromatic carbocycles. The zero-order valence-corrected chi connectivity index (χ0v) is 14.9. The molecule has 0 fully saturated rings. The highest BCUT2D eigenvalue weighted by Crippen LogP contribution is 2.35. The minimum absolute atomic E-state index is 0.0861. The number of fused-ring (bicyclic) bond motifs is 1. The molecule has 2 aromatic rings. The van der Waals surface area contributed by atoms with E-state index in [-0.39, 0.29) is 6.10 Å². The van der Waals surface area contributed by atoms with E-state index in [1.807, 2.05) is 62.6 Å². The number of hydrogen-bond acceptors (Lipinski definition) is 5. The highest BCUT2D eigenvalue weighted by atomic mass is 16.6. The summed E-state index contributed by atoms with van der Waals surface area (Å²) in [5, 5.41) is 4.39. The third kappa shape index (κ3) is 4.31. The van der Waals surface area contributed by atoms with Gasteiger partial charge in [0.1, 0.15) is 24.2 Å². The Labute approximate surface area is 148 Å². The second-order valence-corrected chi connectivity index (χ2v) is 6.25. The van der Waals surface area contributed by atoms with Crippen LogP contribution in [0.1, 0.15) is 23.7 Å². The molecule has 3 rings (SSSR count). The average Bonchev–Trinajstić information content (AvgIpc) is 2.65. The fraction of sp³-hybridized carbons (Fsp3) is 0.350. The van der Waals surface area contributed by atoms with Crippen molar-refractivity contribution >= 4 is 5.71 Å². The van der Waals surface area contributed by atoms with Gasteiger partial charge in [-0.2, -0.15) is 0 Å². The van der Waals surface area contributed by atoms with Crippen LogP contribution in [0, 0.1) is 0 Å². The van der Waals surface area contributed by atoms with Gasteiger partial charge in [-0.3, -0.25) is 0 Å². The SMILES string of the molecule is COc1ccc(C2C/C(=N\OCCN(C)C)c3ccccc3O2)cc1. The van der Waals surface area contributed by atoms with Gasteiger partial charge >= 0.3 is 0 Å². The van der Waals surface area contributed by atoms with E-state index in [1.165, 1.54) is 0 Å². The Morgan fingerprint density at radius 2 is 1.88 bits per heavy atom. The topological polar surface area (TPSA) is 43.3 Å². The van der Waals surface area contributed by atoms with Crippen LogP contribution in [0.2, 0.25) is 0 Å². The number of ether oxygens (including phenoxy) is 2. The Morgan fingerprint density at radius 1 is 1.12 bits per heavy atom. The fourth-order valence-electron chi connectivity index (χ4n) is 2.73. The lowest BCUT2D eigenvalue weighted by atomic mass is 9.95. The van der Waals surface area contributed by atoms with Gasteiger partial charge in [-0.1, -0.05) is 29.4 Å². The third-order valence-electron chi connectivity index (χ3n) is 4.14. The summed E-state index contributed by atoms with van der Waals surface area (Å²) in [6, 6.07) is 15.9. The van der Waals surface area contributed by atoms with Gasteiger partial charge in [-0.15, -0.1) is 0 Å². The molecule has 132 valence electrons. The Hall–Kier alpha value is -2.53. The lowest BCUT2D eigenvalue weighted by molar-refractivity contribution is 0.123. The molecule has 0 bridgehead atoms. The van der Waals surface area contributed by atoms with E-state index in [4.69, 9.17) is 14.3 Å². The number of methoxy groups -OCH3 is 1. The molecule has 0 amide bonds. The van der Waals surface area contributed by atoms with Crippen molar-refractivity contribution in [3.05, 3.63) is 59.7 Å². The number of likely N-dealkylation sites (N-methyl/N-ethyl adjacent to an activating group) is 1. The number of nitrogens with zero attached hydrogens (tertiary/aromatic N) is 2. The maximum Gasteiger partial charge on any atom is 0.129 e. The van der Waals surface area contributed by atoms with Gasteiger partial charge in [0.25, 0.3) is 0 Å². The minimum Gasteiger partial charge on any atom is -0.497 e. The van der Waals surface area contributed by atoms with Crippen LogP contribution >= 0.6 is 0 Å². The van der Waals surface area contributed by atoms with Gasteiger partial charge in [0, 0.05) is 18.5 Å². The van der Waals surface area contributed by atoms with Gasteiger partial charge in [0.2, 0.25) is 0 Å². The molecule has 0 aliphatic carbocycles. The normalized spacial score (nSPS) is 17.9. The third-order valence-corrected chi connectivity index (χ3v) is 4.14. The summed E-state index contributed by atoms with van der Waals surface area (Å²) < 4.78 is 11.4. The molecule has 0 N–H and O–H groups in total. The molecule has 0 spiro atoms. The Kier molecular flexibility index (Phi) is 5.56. The average molecular weight is 340 g/mol. The molecule has 0 radical (unpaired) electrons. The summed E-state index contributed by atoms with van der Waals surface area (Å²) in [5.41, 5.74) is 3.01. The van der Waals surface area contributed by atoms with E-state index in [2.05, 4.69) is 10.1 Å². The quantitative estimate of drug-likeness (QED) is 0.596. The van der Waals surface area contributed by atoms with Gasteiger partial charge in [0.15, 0.2) is 0 Å². The lowest BCUT2D eigenvalue weighted by Crippen LogP contribution is -2.22. The second kappa shape index (κ2) is 8.03. The lowest BCUT2D eigenvalue weighted by Gasteiger charge is -2.27. The van der Waals surface area contributed by atoms with Crippen LogP contribution in [-0.4, -0.2) is 45.0 Å². The first-order valence-corrected chi connectivity index (χ1v) is 8.41. The van der Waals surface area contributed by atoms with E-state index in [0.717, 1.165) is 34.9 Å². The summed E-state index contributed by atoms with van der Waals surface area (Å²) in [7, 11) is 5.69. The minimum atomic E-state index is -0.0861. The van der Waals surface area contributed by atoms with Crippen molar-refractivity contribution in [1.82, 2.24) is 4.90 Å². The van der Waals surface area contributed by atoms with Crippen LogP contribution in [0.3, 0.4) is 0 Å². The Bertz CT molecular complexity index is 726. The molecule has 1 atom stereocenters. The molecule has 1 aliphatic heterocycles. The van der Waals surface area contributed by atoms with E-state index in [9.17, 15) is 0 Å². The van der Waals surface area contributed by atoms with E-state index in [0.29, 0.717) is 13.0 Å². The largest absolute Gasteiger partial charge is 0.497 e. The summed E-state index contributed by atoms with van der Waals surface area (Å²) in [4.78, 5) is 7.60. The van der Waals surface area contributed by atoms with Gasteiger partial charge < -0.3 is 19.2 Å². The highest BCUT2D eigenvalue weighted by Gasteiger charge is 2.26. The summed E-state index contributed by atoms with van der Waals surface area (Å²) >= 11 is 0. The molecule has 1 heterocycles. The fourth-order valence-corrected chi connectivity index (χ4v) is 2.73. The van der Waals surface area contributed by atoms with Crippen molar-refractivity contribution in [2.45, 2.75) is 12.5 Å². The van der Waals surface area contributed by atoms with Gasteiger partial charge in [-0.05, 0) is 43.9 Å². The molecule has 0 saturated carbocycles. The van der Waals surface area contributed by atoms with E-state index < -0.39 is 0 Å². The predicted molar refractivity (Wildman–Crippen MR) is 98.5 cm³/mol. The number of hydrogen-bond donors (Lipinski definition) is 0. The first kappa shape index (κ1) is 17.3. The first-order valence-electron chi connectivity index (χ1n) is 8.41. The second-order valence-electron chi connectivity index (χ2n) is 6.25. The van der Waals surface area contributed by atoms with Crippen LogP contribution in [0.5, 0.6) is 11.5 Å². The van der Waals surface area contributed by atoms with Crippen molar-refractivity contribution in [2.24, 2.45) is 5.16 Å². The predicted octanol–water partition coefficient (Wildman–Crippen LogP) is 3.50. The molecule has 5 heteroatoms. The van der Waals surface area contributed by atoms with Crippen molar-refractivity contribution in [3.63, 3.8) is 0 Å².